The molecule has 0 unspecified atom stereocenters. The molecule has 6 nitrogen and oxygen atoms in total. The van der Waals surface area contributed by atoms with Crippen molar-refractivity contribution in [3.63, 3.8) is 0 Å². The van der Waals surface area contributed by atoms with Gasteiger partial charge in [0.05, 0.1) is 0 Å². The van der Waals surface area contributed by atoms with Gasteiger partial charge >= 0.3 is 32.1 Å². The molecule has 0 bridgehead atoms. The summed E-state index contributed by atoms with van der Waals surface area (Å²) in [5, 5.41) is 0. The number of alkyl halides is 6. The van der Waals surface area contributed by atoms with Gasteiger partial charge < -0.3 is 9.11 Å². The Morgan fingerprint density at radius 1 is 0.548 bits per heavy atom. The standard InChI is InChI=1S/2C6H15P.2CHF3O3S.Pt/c2*1-4-7(5-2)6-3;2*2-1(3,4)8(5,6)7;/h2*4-6H2,1-3H3;2*(H,5,6,7);/q;;;;+4/p-2. The molecule has 0 aromatic rings. The zero-order valence-electron chi connectivity index (χ0n) is 18.0. The van der Waals surface area contributed by atoms with Gasteiger partial charge in [-0.3, -0.25) is 0 Å². The Kier molecular flexibility index (Phi) is 27.6. The third kappa shape index (κ3) is 27.1. The third-order valence-corrected chi connectivity index (χ3v) is 9.75. The third-order valence-electron chi connectivity index (χ3n) is 3.25. The van der Waals surface area contributed by atoms with E-state index in [1.807, 2.05) is 0 Å². The Morgan fingerprint density at radius 2 is 0.645 bits per heavy atom. The van der Waals surface area contributed by atoms with Gasteiger partial charge in [0, 0.05) is 0 Å². The van der Waals surface area contributed by atoms with Crippen molar-refractivity contribution >= 4 is 36.1 Å². The van der Waals surface area contributed by atoms with E-state index in [4.69, 9.17) is 25.9 Å². The van der Waals surface area contributed by atoms with Crippen LogP contribution in [0.5, 0.6) is 0 Å². The Morgan fingerprint density at radius 3 is 0.645 bits per heavy atom. The van der Waals surface area contributed by atoms with Gasteiger partial charge in [0.15, 0.2) is 20.2 Å². The molecule has 0 fully saturated rings. The summed E-state index contributed by atoms with van der Waals surface area (Å²) >= 11 is 0. The summed E-state index contributed by atoms with van der Waals surface area (Å²) in [7, 11) is -11.3. The van der Waals surface area contributed by atoms with Crippen molar-refractivity contribution in [1.82, 2.24) is 0 Å². The van der Waals surface area contributed by atoms with Crippen LogP contribution in [0.2, 0.25) is 0 Å². The normalized spacial score (nSPS) is 11.9. The smallest absolute Gasteiger partial charge is 0.741 e. The zero-order valence-corrected chi connectivity index (χ0v) is 23.7. The molecule has 0 aliphatic carbocycles. The minimum Gasteiger partial charge on any atom is -0.741 e. The molecule has 0 spiro atoms. The minimum atomic E-state index is -6.09. The van der Waals surface area contributed by atoms with Crippen LogP contribution in [0.15, 0.2) is 0 Å². The fourth-order valence-corrected chi connectivity index (χ4v) is 4.02. The van der Waals surface area contributed by atoms with Crippen molar-refractivity contribution in [1.29, 1.82) is 0 Å². The topological polar surface area (TPSA) is 114 Å². The first-order valence-electron chi connectivity index (χ1n) is 8.68. The number of hydrogen-bond donors (Lipinski definition) is 0. The molecule has 0 saturated carbocycles. The Labute approximate surface area is 198 Å². The summed E-state index contributed by atoms with van der Waals surface area (Å²) < 4.78 is 118. The van der Waals surface area contributed by atoms with Crippen LogP contribution < -0.4 is 0 Å². The molecule has 0 saturated heterocycles. The number of rotatable bonds is 6. The molecule has 17 heteroatoms. The van der Waals surface area contributed by atoms with E-state index in [9.17, 15) is 26.3 Å². The van der Waals surface area contributed by atoms with E-state index in [1.54, 1.807) is 0 Å². The first-order valence-corrected chi connectivity index (χ1v) is 15.3. The molecule has 0 atom stereocenters. The molecule has 0 radical (unpaired) electrons. The van der Waals surface area contributed by atoms with Crippen molar-refractivity contribution in [3.05, 3.63) is 0 Å². The molecule has 0 aliphatic heterocycles. The maximum absolute atomic E-state index is 10.7. The summed E-state index contributed by atoms with van der Waals surface area (Å²) in [5.74, 6) is 0. The van der Waals surface area contributed by atoms with Crippen LogP contribution in [-0.4, -0.2) is 73.9 Å². The van der Waals surface area contributed by atoms with E-state index in [0.29, 0.717) is 15.8 Å². The average Bonchev–Trinajstić information content (AvgIpc) is 2.56. The van der Waals surface area contributed by atoms with Gasteiger partial charge in [0.1, 0.15) is 0 Å². The Hall–Kier alpha value is 0.948. The predicted octanol–water partition coefficient (Wildman–Crippen LogP) is 5.16. The van der Waals surface area contributed by atoms with Gasteiger partial charge in [0.2, 0.25) is 0 Å². The summed E-state index contributed by atoms with van der Waals surface area (Å²) in [6.45, 7) is 13.7. The first-order chi connectivity index (χ1) is 13.2. The van der Waals surface area contributed by atoms with Gasteiger partial charge in [-0.2, -0.15) is 26.3 Å². The molecule has 31 heavy (non-hydrogen) atoms. The second-order valence-electron chi connectivity index (χ2n) is 5.04. The van der Waals surface area contributed by atoms with Crippen LogP contribution in [0.1, 0.15) is 41.5 Å². The summed E-state index contributed by atoms with van der Waals surface area (Å²) in [4.78, 5) is 0. The molecule has 0 rings (SSSR count). The van der Waals surface area contributed by atoms with E-state index >= 15 is 0 Å². The summed E-state index contributed by atoms with van der Waals surface area (Å²) in [6, 6.07) is 0. The molecule has 0 aliphatic rings. The van der Waals surface area contributed by atoms with Gasteiger partial charge in [0.25, 0.3) is 0 Å². The minimum absolute atomic E-state index is 0. The van der Waals surface area contributed by atoms with Crippen LogP contribution >= 0.6 is 15.8 Å². The van der Waals surface area contributed by atoms with Crippen molar-refractivity contribution in [2.75, 3.05) is 37.0 Å². The number of halogens is 6. The summed E-state index contributed by atoms with van der Waals surface area (Å²) in [6.07, 6.45) is 8.51. The first kappa shape index (κ1) is 42.1. The van der Waals surface area contributed by atoms with Crippen LogP contribution in [0.4, 0.5) is 26.3 Å². The van der Waals surface area contributed by atoms with Gasteiger partial charge in [-0.1, -0.05) is 41.5 Å². The predicted molar refractivity (Wildman–Crippen MR) is 109 cm³/mol. The molecule has 194 valence electrons. The van der Waals surface area contributed by atoms with Crippen molar-refractivity contribution in [2.24, 2.45) is 0 Å². The monoisotopic (exact) mass is 729 g/mol. The second-order valence-corrected chi connectivity index (χ2v) is 14.3. The second kappa shape index (κ2) is 20.3. The Bertz CT molecular complexity index is 543. The van der Waals surface area contributed by atoms with E-state index in [0.717, 1.165) is 0 Å². The number of hydrogen-bond acceptors (Lipinski definition) is 6. The van der Waals surface area contributed by atoms with Crippen molar-refractivity contribution in [2.45, 2.75) is 52.6 Å². The van der Waals surface area contributed by atoms with Gasteiger partial charge in [-0.05, 0) is 37.0 Å². The summed E-state index contributed by atoms with van der Waals surface area (Å²) in [5.41, 5.74) is -11.3. The fourth-order valence-electron chi connectivity index (χ4n) is 1.34. The molecular formula is C14H30F6O6P2PtS2+2. The van der Waals surface area contributed by atoms with Crippen molar-refractivity contribution in [3.8, 4) is 0 Å². The van der Waals surface area contributed by atoms with Crippen LogP contribution in [0.3, 0.4) is 0 Å². The average molecular weight is 730 g/mol. The quantitative estimate of drug-likeness (QED) is 0.162. The SMILES string of the molecule is CCP(CC)CC.CCP(CC)CC.O=S(=O)([O-])C(F)(F)F.O=S(=O)([O-])C(F)(F)F.[Pt+4]. The van der Waals surface area contributed by atoms with Crippen molar-refractivity contribution < 1.29 is 73.3 Å². The largest absolute Gasteiger partial charge is 4.00 e. The van der Waals surface area contributed by atoms with Gasteiger partial charge in [-0.15, -0.1) is 15.8 Å². The zero-order chi connectivity index (χ0) is 25.4. The van der Waals surface area contributed by atoms with E-state index in [1.165, 1.54) is 37.0 Å². The maximum Gasteiger partial charge on any atom is 4.00 e. The maximum atomic E-state index is 10.7. The Balaban J connectivity index is -0.0000000961. The molecule has 0 aromatic carbocycles. The van der Waals surface area contributed by atoms with Crippen LogP contribution in [-0.2, 0) is 41.3 Å². The van der Waals surface area contributed by atoms with E-state index in [-0.39, 0.29) is 21.1 Å². The fraction of sp³-hybridized carbons (Fsp3) is 1.00. The van der Waals surface area contributed by atoms with E-state index < -0.39 is 31.3 Å². The van der Waals surface area contributed by atoms with Crippen LogP contribution in [0, 0.1) is 0 Å². The van der Waals surface area contributed by atoms with Crippen LogP contribution in [0.25, 0.3) is 0 Å². The van der Waals surface area contributed by atoms with E-state index in [2.05, 4.69) is 41.5 Å². The molecular weight excluding hydrogens is 699 g/mol. The molecule has 0 heterocycles. The molecule has 0 N–H and O–H groups in total. The molecule has 0 amide bonds. The van der Waals surface area contributed by atoms with Gasteiger partial charge in [-0.25, -0.2) is 16.8 Å². The molecule has 0 aromatic heterocycles.